The van der Waals surface area contributed by atoms with Crippen LogP contribution in [0.15, 0.2) is 76.6 Å². The van der Waals surface area contributed by atoms with Gasteiger partial charge in [0.1, 0.15) is 5.75 Å². The zero-order chi connectivity index (χ0) is 20.2. The van der Waals surface area contributed by atoms with Crippen molar-refractivity contribution in [2.45, 2.75) is 0 Å². The van der Waals surface area contributed by atoms with Crippen molar-refractivity contribution in [2.75, 3.05) is 11.9 Å². The second-order valence-corrected chi connectivity index (χ2v) is 7.36. The summed E-state index contributed by atoms with van der Waals surface area (Å²) in [5, 5.41) is 5.14. The Morgan fingerprint density at radius 1 is 1.10 bits per heavy atom. The first kappa shape index (κ1) is 18.8. The van der Waals surface area contributed by atoms with Crippen LogP contribution in [0, 0.1) is 0 Å². The lowest BCUT2D eigenvalue weighted by Gasteiger charge is -2.10. The van der Waals surface area contributed by atoms with E-state index in [1.54, 1.807) is 24.3 Å². The maximum absolute atomic E-state index is 12.3. The number of thioether (sulfide) groups is 1. The molecule has 0 atom stereocenters. The van der Waals surface area contributed by atoms with Crippen LogP contribution >= 0.6 is 11.8 Å². The third kappa shape index (κ3) is 4.47. The second kappa shape index (κ2) is 8.20. The minimum atomic E-state index is -0.353. The number of anilines is 1. The molecule has 0 spiro atoms. The molecular formula is C22H17N3O3S. The maximum Gasteiger partial charge on any atom is 0.286 e. The summed E-state index contributed by atoms with van der Waals surface area (Å²) in [6.45, 7) is -0.132. The molecule has 0 aromatic heterocycles. The molecule has 0 aliphatic carbocycles. The smallest absolute Gasteiger partial charge is 0.286 e. The fraction of sp³-hybridized carbons (Fsp3) is 0.0455. The summed E-state index contributed by atoms with van der Waals surface area (Å²) in [5.74, 6) is -0.0853. The average molecular weight is 403 g/mol. The predicted molar refractivity (Wildman–Crippen MR) is 117 cm³/mol. The van der Waals surface area contributed by atoms with Crippen molar-refractivity contribution in [3.8, 4) is 5.75 Å². The summed E-state index contributed by atoms with van der Waals surface area (Å²) >= 11 is 1.13. The molecule has 1 heterocycles. The van der Waals surface area contributed by atoms with E-state index in [4.69, 9.17) is 10.5 Å². The monoisotopic (exact) mass is 403 g/mol. The number of amides is 2. The minimum Gasteiger partial charge on any atom is -0.484 e. The topological polar surface area (TPSA) is 93.8 Å². The Kier molecular flexibility index (Phi) is 5.31. The maximum atomic E-state index is 12.3. The molecular weight excluding hydrogens is 386 g/mol. The van der Waals surface area contributed by atoms with Crippen molar-refractivity contribution in [2.24, 2.45) is 10.7 Å². The molecule has 0 radical (unpaired) electrons. The Labute approximate surface area is 171 Å². The first-order valence-electron chi connectivity index (χ1n) is 8.87. The van der Waals surface area contributed by atoms with Crippen LogP contribution < -0.4 is 15.8 Å². The number of hydrogen-bond acceptors (Lipinski definition) is 5. The number of hydrogen-bond donors (Lipinski definition) is 2. The molecule has 144 valence electrons. The predicted octanol–water partition coefficient (Wildman–Crippen LogP) is 3.79. The first-order valence-corrected chi connectivity index (χ1v) is 9.69. The molecule has 0 saturated heterocycles. The molecule has 1 aliphatic rings. The molecule has 29 heavy (non-hydrogen) atoms. The Morgan fingerprint density at radius 2 is 1.90 bits per heavy atom. The highest BCUT2D eigenvalue weighted by Gasteiger charge is 2.19. The number of aliphatic imine (C=N–C) groups is 1. The van der Waals surface area contributed by atoms with Gasteiger partial charge in [-0.15, -0.1) is 0 Å². The number of nitrogens with zero attached hydrogens (tertiary/aromatic N) is 1. The van der Waals surface area contributed by atoms with Gasteiger partial charge in [-0.2, -0.15) is 4.99 Å². The lowest BCUT2D eigenvalue weighted by molar-refractivity contribution is -0.118. The van der Waals surface area contributed by atoms with Crippen LogP contribution in [0.25, 0.3) is 16.8 Å². The highest BCUT2D eigenvalue weighted by Crippen LogP contribution is 2.27. The van der Waals surface area contributed by atoms with Crippen molar-refractivity contribution in [1.82, 2.24) is 0 Å². The van der Waals surface area contributed by atoms with E-state index < -0.39 is 0 Å². The van der Waals surface area contributed by atoms with E-state index in [1.165, 1.54) is 0 Å². The van der Waals surface area contributed by atoms with Gasteiger partial charge in [0.2, 0.25) is 0 Å². The highest BCUT2D eigenvalue weighted by atomic mass is 32.2. The zero-order valence-corrected chi connectivity index (χ0v) is 16.1. The van der Waals surface area contributed by atoms with Crippen LogP contribution in [0.3, 0.4) is 0 Å². The second-order valence-electron chi connectivity index (χ2n) is 6.30. The van der Waals surface area contributed by atoms with Gasteiger partial charge in [0.15, 0.2) is 11.8 Å². The van der Waals surface area contributed by atoms with Crippen molar-refractivity contribution in [3.05, 3.63) is 77.2 Å². The van der Waals surface area contributed by atoms with E-state index in [-0.39, 0.29) is 23.6 Å². The lowest BCUT2D eigenvalue weighted by atomic mass is 10.1. The molecule has 0 fully saturated rings. The molecule has 0 bridgehead atoms. The number of fused-ring (bicyclic) bond motifs is 1. The van der Waals surface area contributed by atoms with Crippen molar-refractivity contribution in [3.63, 3.8) is 0 Å². The number of rotatable bonds is 5. The van der Waals surface area contributed by atoms with Crippen LogP contribution in [-0.2, 0) is 9.59 Å². The van der Waals surface area contributed by atoms with E-state index >= 15 is 0 Å². The quantitative estimate of drug-likeness (QED) is 0.632. The van der Waals surface area contributed by atoms with Gasteiger partial charge in [-0.1, -0.05) is 48.5 Å². The molecule has 4 rings (SSSR count). The Hall–Kier alpha value is -3.58. The van der Waals surface area contributed by atoms with Gasteiger partial charge < -0.3 is 15.8 Å². The molecule has 7 heteroatoms. The molecule has 1 aliphatic heterocycles. The van der Waals surface area contributed by atoms with Crippen molar-refractivity contribution < 1.29 is 14.3 Å². The third-order valence-electron chi connectivity index (χ3n) is 4.23. The van der Waals surface area contributed by atoms with Crippen LogP contribution in [0.5, 0.6) is 5.75 Å². The average Bonchev–Trinajstić information content (AvgIpc) is 3.04. The molecule has 6 nitrogen and oxygen atoms in total. The number of nitrogens with one attached hydrogen (secondary N) is 1. The van der Waals surface area contributed by atoms with E-state index in [0.29, 0.717) is 10.7 Å². The van der Waals surface area contributed by atoms with E-state index in [1.807, 2.05) is 48.5 Å². The fourth-order valence-corrected chi connectivity index (χ4v) is 3.62. The number of nitrogens with two attached hydrogens (primary N) is 1. The van der Waals surface area contributed by atoms with E-state index in [2.05, 4.69) is 10.3 Å². The van der Waals surface area contributed by atoms with E-state index in [9.17, 15) is 9.59 Å². The van der Waals surface area contributed by atoms with Gasteiger partial charge in [0, 0.05) is 11.1 Å². The number of benzene rings is 3. The fourth-order valence-electron chi connectivity index (χ4n) is 2.94. The van der Waals surface area contributed by atoms with Gasteiger partial charge in [0.25, 0.3) is 11.8 Å². The van der Waals surface area contributed by atoms with Crippen LogP contribution in [0.4, 0.5) is 5.69 Å². The number of carbonyl (C=O) groups excluding carboxylic acids is 2. The van der Waals surface area contributed by atoms with Gasteiger partial charge in [-0.3, -0.25) is 9.59 Å². The standard InChI is InChI=1S/C22H17N3O3S/c23-22-25-21(27)19(29-22)12-14-5-3-8-16(11-14)28-13-20(26)24-18-10-4-7-15-6-1-2-9-17(15)18/h1-12H,13H2,(H,24,26)(H2,23,25,27)/b19-12-. The van der Waals surface area contributed by atoms with Gasteiger partial charge in [0.05, 0.1) is 4.91 Å². The van der Waals surface area contributed by atoms with Crippen LogP contribution in [0.1, 0.15) is 5.56 Å². The van der Waals surface area contributed by atoms with Gasteiger partial charge in [-0.25, -0.2) is 0 Å². The largest absolute Gasteiger partial charge is 0.484 e. The first-order chi connectivity index (χ1) is 14.1. The summed E-state index contributed by atoms with van der Waals surface area (Å²) in [4.78, 5) is 28.2. The summed E-state index contributed by atoms with van der Waals surface area (Å²) in [6.07, 6.45) is 1.69. The third-order valence-corrected chi connectivity index (χ3v) is 5.04. The normalized spacial score (nSPS) is 14.8. The summed E-state index contributed by atoms with van der Waals surface area (Å²) in [5.41, 5.74) is 7.06. The van der Waals surface area contributed by atoms with E-state index in [0.717, 1.165) is 33.8 Å². The summed E-state index contributed by atoms with van der Waals surface area (Å²) < 4.78 is 5.62. The van der Waals surface area contributed by atoms with Crippen molar-refractivity contribution in [1.29, 1.82) is 0 Å². The molecule has 0 unspecified atom stereocenters. The Balaban J connectivity index is 1.41. The van der Waals surface area contributed by atoms with Crippen LogP contribution in [-0.4, -0.2) is 23.6 Å². The molecule has 3 N–H and O–H groups in total. The number of carbonyl (C=O) groups is 2. The minimum absolute atomic E-state index is 0.132. The lowest BCUT2D eigenvalue weighted by Crippen LogP contribution is -2.20. The SMILES string of the molecule is NC1=NC(=O)/C(=C/c2cccc(OCC(=O)Nc3cccc4ccccc34)c2)S1. The van der Waals surface area contributed by atoms with Gasteiger partial charge >= 0.3 is 0 Å². The zero-order valence-electron chi connectivity index (χ0n) is 15.3. The number of amidine groups is 1. The van der Waals surface area contributed by atoms with Gasteiger partial charge in [-0.05, 0) is 47.0 Å². The molecule has 0 saturated carbocycles. The molecule has 3 aromatic rings. The number of ether oxygens (including phenoxy) is 1. The van der Waals surface area contributed by atoms with Crippen molar-refractivity contribution >= 4 is 51.3 Å². The Bertz CT molecular complexity index is 1170. The van der Waals surface area contributed by atoms with Crippen LogP contribution in [0.2, 0.25) is 0 Å². The molecule has 3 aromatic carbocycles. The summed E-state index contributed by atoms with van der Waals surface area (Å²) in [7, 11) is 0. The highest BCUT2D eigenvalue weighted by molar-refractivity contribution is 8.18. The summed E-state index contributed by atoms with van der Waals surface area (Å²) in [6, 6.07) is 20.7. The Morgan fingerprint density at radius 3 is 2.72 bits per heavy atom. The molecule has 2 amide bonds.